The van der Waals surface area contributed by atoms with Crippen LogP contribution in [-0.4, -0.2) is 31.9 Å². The molecule has 0 radical (unpaired) electrons. The van der Waals surface area contributed by atoms with Crippen LogP contribution in [0.3, 0.4) is 0 Å². The summed E-state index contributed by atoms with van der Waals surface area (Å²) in [7, 11) is 3.78. The molecule has 0 unspecified atom stereocenters. The molecule has 6 nitrogen and oxygen atoms in total. The van der Waals surface area contributed by atoms with Crippen molar-refractivity contribution in [3.8, 4) is 0 Å². The molecule has 4 amide bonds. The number of carbonyl (C=O) groups is 3. The van der Waals surface area contributed by atoms with Gasteiger partial charge in [-0.2, -0.15) is 0 Å². The normalized spacial score (nSPS) is 15.9. The molecule has 27 heavy (non-hydrogen) atoms. The topological polar surface area (TPSA) is 69.7 Å². The Bertz CT molecular complexity index is 988. The summed E-state index contributed by atoms with van der Waals surface area (Å²) in [5.41, 5.74) is 1.34. The van der Waals surface area contributed by atoms with Crippen molar-refractivity contribution in [3.63, 3.8) is 0 Å². The van der Waals surface area contributed by atoms with E-state index < -0.39 is 23.7 Å². The maximum absolute atomic E-state index is 13.5. The van der Waals surface area contributed by atoms with Crippen LogP contribution < -0.4 is 15.1 Å². The van der Waals surface area contributed by atoms with E-state index in [1.807, 2.05) is 25.1 Å². The van der Waals surface area contributed by atoms with Crippen LogP contribution in [0.4, 0.5) is 20.6 Å². The van der Waals surface area contributed by atoms with Crippen LogP contribution in [0.15, 0.2) is 52.5 Å². The van der Waals surface area contributed by atoms with Gasteiger partial charge in [-0.3, -0.25) is 14.9 Å². The Morgan fingerprint density at radius 3 is 2.48 bits per heavy atom. The fourth-order valence-electron chi connectivity index (χ4n) is 2.65. The van der Waals surface area contributed by atoms with Crippen LogP contribution in [0, 0.1) is 5.82 Å². The van der Waals surface area contributed by atoms with Gasteiger partial charge in [0.15, 0.2) is 0 Å². The first-order valence-electron chi connectivity index (χ1n) is 7.92. The standard InChI is InChI=1S/C19H15BrFN3O3/c1-23(2)16-7-6-11(9-15(16)20)8-14-17(25)22-19(27)24(18(14)26)13-5-3-4-12(21)10-13/h3-10H,1-2H3,(H,22,25,27)/b14-8+. The third-order valence-electron chi connectivity index (χ3n) is 3.93. The highest BCUT2D eigenvalue weighted by Crippen LogP contribution is 2.28. The first kappa shape index (κ1) is 18.8. The van der Waals surface area contributed by atoms with Crippen LogP contribution in [0.1, 0.15) is 5.56 Å². The molecule has 1 heterocycles. The zero-order valence-electron chi connectivity index (χ0n) is 14.5. The Hall–Kier alpha value is -3.00. The lowest BCUT2D eigenvalue weighted by atomic mass is 10.1. The number of benzene rings is 2. The summed E-state index contributed by atoms with van der Waals surface area (Å²) in [6.45, 7) is 0. The lowest BCUT2D eigenvalue weighted by Crippen LogP contribution is -2.54. The largest absolute Gasteiger partial charge is 0.377 e. The van der Waals surface area contributed by atoms with Crippen molar-refractivity contribution >= 4 is 51.2 Å². The molecule has 1 aliphatic rings. The molecule has 0 atom stereocenters. The van der Waals surface area contributed by atoms with Gasteiger partial charge in [0.25, 0.3) is 11.8 Å². The number of imide groups is 2. The minimum absolute atomic E-state index is 0.0417. The molecule has 3 rings (SSSR count). The number of hydrogen-bond acceptors (Lipinski definition) is 4. The minimum Gasteiger partial charge on any atom is -0.377 e. The second-order valence-corrected chi connectivity index (χ2v) is 6.90. The van der Waals surface area contributed by atoms with Crippen molar-refractivity contribution in [2.75, 3.05) is 23.9 Å². The van der Waals surface area contributed by atoms with Crippen LogP contribution in [0.25, 0.3) is 6.08 Å². The highest BCUT2D eigenvalue weighted by Gasteiger charge is 2.36. The van der Waals surface area contributed by atoms with Gasteiger partial charge in [-0.1, -0.05) is 12.1 Å². The van der Waals surface area contributed by atoms with Gasteiger partial charge in [0.2, 0.25) is 0 Å². The maximum atomic E-state index is 13.5. The van der Waals surface area contributed by atoms with Crippen molar-refractivity contribution in [3.05, 3.63) is 63.9 Å². The SMILES string of the molecule is CN(C)c1ccc(/C=C2\C(=O)NC(=O)N(c3cccc(F)c3)C2=O)cc1Br. The Morgan fingerprint density at radius 1 is 1.11 bits per heavy atom. The maximum Gasteiger partial charge on any atom is 0.335 e. The molecule has 0 spiro atoms. The zero-order valence-corrected chi connectivity index (χ0v) is 16.1. The Labute approximate surface area is 163 Å². The van der Waals surface area contributed by atoms with E-state index in [2.05, 4.69) is 21.2 Å². The van der Waals surface area contributed by atoms with Gasteiger partial charge in [0.1, 0.15) is 11.4 Å². The van der Waals surface area contributed by atoms with Crippen LogP contribution in [0.2, 0.25) is 0 Å². The molecule has 0 aliphatic carbocycles. The number of rotatable bonds is 3. The number of hydrogen-bond donors (Lipinski definition) is 1. The first-order chi connectivity index (χ1) is 12.8. The zero-order chi connectivity index (χ0) is 19.7. The molecular formula is C19H15BrFN3O3. The first-order valence-corrected chi connectivity index (χ1v) is 8.71. The van der Waals surface area contributed by atoms with E-state index >= 15 is 0 Å². The summed E-state index contributed by atoms with van der Waals surface area (Å²) in [4.78, 5) is 39.7. The van der Waals surface area contributed by atoms with E-state index in [0.717, 1.165) is 21.1 Å². The predicted octanol–water partition coefficient (Wildman–Crippen LogP) is 3.32. The summed E-state index contributed by atoms with van der Waals surface area (Å²) < 4.78 is 14.3. The molecule has 2 aromatic carbocycles. The summed E-state index contributed by atoms with van der Waals surface area (Å²) in [5.74, 6) is -2.22. The van der Waals surface area contributed by atoms with Crippen molar-refractivity contribution in [2.24, 2.45) is 0 Å². The fraction of sp³-hybridized carbons (Fsp3) is 0.105. The molecule has 1 N–H and O–H groups in total. The van der Waals surface area contributed by atoms with E-state index in [0.29, 0.717) is 5.56 Å². The number of anilines is 2. The summed E-state index contributed by atoms with van der Waals surface area (Å²) in [6, 6.07) is 9.45. The molecule has 0 saturated carbocycles. The number of halogens is 2. The van der Waals surface area contributed by atoms with E-state index in [4.69, 9.17) is 0 Å². The molecule has 0 bridgehead atoms. The number of nitrogens with zero attached hydrogens (tertiary/aromatic N) is 2. The van der Waals surface area contributed by atoms with E-state index in [1.165, 1.54) is 24.3 Å². The highest BCUT2D eigenvalue weighted by molar-refractivity contribution is 9.10. The Morgan fingerprint density at radius 2 is 1.85 bits per heavy atom. The van der Waals surface area contributed by atoms with Gasteiger partial charge in [-0.15, -0.1) is 0 Å². The lowest BCUT2D eigenvalue weighted by molar-refractivity contribution is -0.122. The fourth-order valence-corrected chi connectivity index (χ4v) is 3.40. The van der Waals surface area contributed by atoms with Crippen molar-refractivity contribution < 1.29 is 18.8 Å². The van der Waals surface area contributed by atoms with Gasteiger partial charge in [0.05, 0.1) is 11.4 Å². The smallest absolute Gasteiger partial charge is 0.335 e. The van der Waals surface area contributed by atoms with Crippen LogP contribution >= 0.6 is 15.9 Å². The molecule has 8 heteroatoms. The molecule has 1 aliphatic heterocycles. The average molecular weight is 432 g/mol. The monoisotopic (exact) mass is 431 g/mol. The van der Waals surface area contributed by atoms with Crippen molar-refractivity contribution in [1.29, 1.82) is 0 Å². The van der Waals surface area contributed by atoms with Gasteiger partial charge in [0, 0.05) is 18.6 Å². The quantitative estimate of drug-likeness (QED) is 0.597. The van der Waals surface area contributed by atoms with Gasteiger partial charge < -0.3 is 4.90 Å². The second-order valence-electron chi connectivity index (χ2n) is 6.04. The van der Waals surface area contributed by atoms with Crippen molar-refractivity contribution in [2.45, 2.75) is 0 Å². The summed E-state index contributed by atoms with van der Waals surface area (Å²) in [5, 5.41) is 2.11. The Balaban J connectivity index is 2.00. The van der Waals surface area contributed by atoms with E-state index in [1.54, 1.807) is 12.1 Å². The van der Waals surface area contributed by atoms with Crippen LogP contribution in [-0.2, 0) is 9.59 Å². The van der Waals surface area contributed by atoms with Gasteiger partial charge in [-0.05, 0) is 57.9 Å². The highest BCUT2D eigenvalue weighted by atomic mass is 79.9. The number of barbiturate groups is 1. The summed E-state index contributed by atoms with van der Waals surface area (Å²) in [6.07, 6.45) is 1.39. The minimum atomic E-state index is -0.920. The van der Waals surface area contributed by atoms with Gasteiger partial charge in [-0.25, -0.2) is 14.1 Å². The van der Waals surface area contributed by atoms with Crippen molar-refractivity contribution in [1.82, 2.24) is 5.32 Å². The molecular weight excluding hydrogens is 417 g/mol. The number of amides is 4. The molecule has 138 valence electrons. The number of carbonyl (C=O) groups excluding carboxylic acids is 3. The molecule has 2 aromatic rings. The summed E-state index contributed by atoms with van der Waals surface area (Å²) >= 11 is 3.45. The molecule has 0 aromatic heterocycles. The number of urea groups is 1. The third kappa shape index (κ3) is 3.75. The number of nitrogens with one attached hydrogen (secondary N) is 1. The molecule has 1 saturated heterocycles. The second kappa shape index (κ2) is 7.32. The van der Waals surface area contributed by atoms with E-state index in [-0.39, 0.29) is 11.3 Å². The predicted molar refractivity (Wildman–Crippen MR) is 104 cm³/mol. The third-order valence-corrected chi connectivity index (χ3v) is 4.57. The van der Waals surface area contributed by atoms with Gasteiger partial charge >= 0.3 is 6.03 Å². The van der Waals surface area contributed by atoms with E-state index in [9.17, 15) is 18.8 Å². The average Bonchev–Trinajstić information content (AvgIpc) is 2.58. The lowest BCUT2D eigenvalue weighted by Gasteiger charge is -2.26. The molecule has 1 fully saturated rings. The Kier molecular flexibility index (Phi) is 5.09. The van der Waals surface area contributed by atoms with Crippen LogP contribution in [0.5, 0.6) is 0 Å².